The van der Waals surface area contributed by atoms with Crippen molar-refractivity contribution in [3.63, 3.8) is 0 Å². The second-order valence-corrected chi connectivity index (χ2v) is 7.80. The van der Waals surface area contributed by atoms with E-state index in [-0.39, 0.29) is 19.6 Å². The molecule has 10 heteroatoms. The molecule has 184 valence electrons. The Morgan fingerprint density at radius 3 is 2.44 bits per heavy atom. The van der Waals surface area contributed by atoms with E-state index in [1.807, 2.05) is 0 Å². The number of esters is 1. The fourth-order valence-electron chi connectivity index (χ4n) is 3.92. The van der Waals surface area contributed by atoms with Crippen molar-refractivity contribution in [3.8, 4) is 11.5 Å². The van der Waals surface area contributed by atoms with Crippen LogP contribution >= 0.6 is 0 Å². The molecule has 0 aliphatic carbocycles. The summed E-state index contributed by atoms with van der Waals surface area (Å²) in [6.07, 6.45) is -3.12. The van der Waals surface area contributed by atoms with Gasteiger partial charge in [0, 0.05) is 13.0 Å². The van der Waals surface area contributed by atoms with Crippen molar-refractivity contribution in [3.05, 3.63) is 58.9 Å². The molecule has 1 fully saturated rings. The monoisotopic (exact) mass is 483 g/mol. The summed E-state index contributed by atoms with van der Waals surface area (Å²) >= 11 is 0. The quantitative estimate of drug-likeness (QED) is 0.424. The van der Waals surface area contributed by atoms with E-state index in [4.69, 9.17) is 14.2 Å². The topological polar surface area (TPSA) is 65.1 Å². The highest BCUT2D eigenvalue weighted by molar-refractivity contribution is 5.98. The van der Waals surface area contributed by atoms with E-state index in [1.165, 1.54) is 14.2 Å². The maximum atomic E-state index is 13.7. The van der Waals surface area contributed by atoms with Crippen LogP contribution in [0.4, 0.5) is 17.6 Å². The predicted octanol–water partition coefficient (Wildman–Crippen LogP) is 4.64. The lowest BCUT2D eigenvalue weighted by Crippen LogP contribution is -2.49. The van der Waals surface area contributed by atoms with Crippen LogP contribution in [0.15, 0.2) is 36.4 Å². The van der Waals surface area contributed by atoms with Crippen LogP contribution in [0.5, 0.6) is 11.5 Å². The summed E-state index contributed by atoms with van der Waals surface area (Å²) in [6.45, 7) is 0.0721. The first-order valence-electron chi connectivity index (χ1n) is 10.7. The second-order valence-electron chi connectivity index (χ2n) is 7.80. The molecule has 6 nitrogen and oxygen atoms in total. The van der Waals surface area contributed by atoms with E-state index >= 15 is 0 Å². The minimum Gasteiger partial charge on any atom is -0.493 e. The first-order valence-corrected chi connectivity index (χ1v) is 10.7. The zero-order valence-corrected chi connectivity index (χ0v) is 18.8. The van der Waals surface area contributed by atoms with Gasteiger partial charge in [-0.25, -0.2) is 9.18 Å². The van der Waals surface area contributed by atoms with E-state index < -0.39 is 41.0 Å². The van der Waals surface area contributed by atoms with Gasteiger partial charge in [0.05, 0.1) is 32.0 Å². The fourth-order valence-corrected chi connectivity index (χ4v) is 3.92. The summed E-state index contributed by atoms with van der Waals surface area (Å²) in [5.74, 6) is -1.66. The summed E-state index contributed by atoms with van der Waals surface area (Å²) in [6, 6.07) is 5.93. The van der Waals surface area contributed by atoms with E-state index in [0.29, 0.717) is 49.0 Å². The number of nitrogens with zero attached hydrogens (tertiary/aromatic N) is 1. The van der Waals surface area contributed by atoms with Gasteiger partial charge < -0.3 is 19.1 Å². The first kappa shape index (κ1) is 25.3. The third kappa shape index (κ3) is 5.78. The molecular formula is C24H25F4NO5. The average molecular weight is 483 g/mol. The van der Waals surface area contributed by atoms with Crippen molar-refractivity contribution in [1.29, 1.82) is 0 Å². The number of hydrogen-bond donors (Lipinski definition) is 0. The number of alkyl halides is 3. The van der Waals surface area contributed by atoms with Gasteiger partial charge in [-0.2, -0.15) is 13.2 Å². The third-order valence-electron chi connectivity index (χ3n) is 5.64. The van der Waals surface area contributed by atoms with Crippen molar-refractivity contribution in [2.75, 3.05) is 27.4 Å². The van der Waals surface area contributed by atoms with Crippen LogP contribution in [-0.2, 0) is 22.1 Å². The molecule has 1 heterocycles. The van der Waals surface area contributed by atoms with Gasteiger partial charge in [-0.1, -0.05) is 6.07 Å². The number of benzene rings is 2. The zero-order chi connectivity index (χ0) is 24.9. The number of rotatable bonds is 7. The number of halogens is 4. The lowest BCUT2D eigenvalue weighted by molar-refractivity contribution is -0.150. The molecule has 0 spiro atoms. The lowest BCUT2D eigenvalue weighted by atomic mass is 9.98. The van der Waals surface area contributed by atoms with Crippen LogP contribution in [0.25, 0.3) is 0 Å². The Labute approximate surface area is 194 Å². The highest BCUT2D eigenvalue weighted by atomic mass is 19.4. The summed E-state index contributed by atoms with van der Waals surface area (Å²) in [7, 11) is 3.01. The number of carbonyl (C=O) groups excluding carboxylic acids is 2. The fraction of sp³-hybridized carbons (Fsp3) is 0.417. The molecular weight excluding hydrogens is 458 g/mol. The lowest BCUT2D eigenvalue weighted by Gasteiger charge is -2.34. The van der Waals surface area contributed by atoms with Crippen molar-refractivity contribution in [2.24, 2.45) is 0 Å². The molecule has 1 aliphatic heterocycles. The van der Waals surface area contributed by atoms with E-state index in [2.05, 4.69) is 0 Å². The van der Waals surface area contributed by atoms with Gasteiger partial charge in [-0.15, -0.1) is 0 Å². The largest absolute Gasteiger partial charge is 0.493 e. The zero-order valence-electron chi connectivity index (χ0n) is 18.8. The van der Waals surface area contributed by atoms with Gasteiger partial charge in [0.25, 0.3) is 5.91 Å². The SMILES string of the molecule is COc1ccc(CCOC(=O)C2CCCCN2C(=O)c2cc(F)ccc2C(F)(F)F)cc1OC. The minimum absolute atomic E-state index is 0.000608. The number of ether oxygens (including phenoxy) is 3. The highest BCUT2D eigenvalue weighted by Gasteiger charge is 2.40. The third-order valence-corrected chi connectivity index (χ3v) is 5.64. The molecule has 34 heavy (non-hydrogen) atoms. The van der Waals surface area contributed by atoms with Gasteiger partial charge in [0.2, 0.25) is 0 Å². The molecule has 0 saturated carbocycles. The summed E-state index contributed by atoms with van der Waals surface area (Å²) < 4.78 is 69.6. The number of hydrogen-bond acceptors (Lipinski definition) is 5. The van der Waals surface area contributed by atoms with Gasteiger partial charge in [0.15, 0.2) is 11.5 Å². The van der Waals surface area contributed by atoms with Crippen LogP contribution < -0.4 is 9.47 Å². The number of piperidine rings is 1. The Bertz CT molecular complexity index is 1040. The molecule has 0 radical (unpaired) electrons. The van der Waals surface area contributed by atoms with Crippen molar-refractivity contribution < 1.29 is 41.4 Å². The number of carbonyl (C=O) groups is 2. The molecule has 1 atom stereocenters. The van der Waals surface area contributed by atoms with Crippen molar-refractivity contribution >= 4 is 11.9 Å². The molecule has 2 aromatic rings. The molecule has 0 N–H and O–H groups in total. The van der Waals surface area contributed by atoms with E-state index in [1.54, 1.807) is 18.2 Å². The van der Waals surface area contributed by atoms with Crippen LogP contribution in [0.3, 0.4) is 0 Å². The summed E-state index contributed by atoms with van der Waals surface area (Å²) in [4.78, 5) is 26.8. The molecule has 1 amide bonds. The van der Waals surface area contributed by atoms with Crippen LogP contribution in [0, 0.1) is 5.82 Å². The second kappa shape index (κ2) is 10.8. The Morgan fingerprint density at radius 2 is 1.76 bits per heavy atom. The summed E-state index contributed by atoms with van der Waals surface area (Å²) in [5, 5.41) is 0. The minimum atomic E-state index is -4.84. The van der Waals surface area contributed by atoms with Crippen LogP contribution in [0.1, 0.15) is 40.7 Å². The van der Waals surface area contributed by atoms with Gasteiger partial charge in [-0.05, 0) is 55.2 Å². The molecule has 1 saturated heterocycles. The molecule has 1 aliphatic rings. The van der Waals surface area contributed by atoms with Crippen molar-refractivity contribution in [1.82, 2.24) is 4.90 Å². The Hall–Kier alpha value is -3.30. The average Bonchev–Trinajstić information content (AvgIpc) is 2.82. The molecule has 2 aromatic carbocycles. The standard InChI is InChI=1S/C24H25F4NO5/c1-32-20-9-6-15(13-21(20)33-2)10-12-34-23(31)19-5-3-4-11-29(19)22(30)17-14-16(25)7-8-18(17)24(26,27)28/h6-9,13-14,19H,3-5,10-12H2,1-2H3. The Kier molecular flexibility index (Phi) is 8.01. The smallest absolute Gasteiger partial charge is 0.417 e. The van der Waals surface area contributed by atoms with Gasteiger partial charge >= 0.3 is 12.1 Å². The Balaban J connectivity index is 1.71. The first-order chi connectivity index (χ1) is 16.2. The maximum absolute atomic E-state index is 13.7. The van der Waals surface area contributed by atoms with E-state index in [9.17, 15) is 27.2 Å². The summed E-state index contributed by atoms with van der Waals surface area (Å²) in [5.41, 5.74) is -1.25. The number of amides is 1. The predicted molar refractivity (Wildman–Crippen MR) is 114 cm³/mol. The van der Waals surface area contributed by atoms with Crippen LogP contribution in [0.2, 0.25) is 0 Å². The Morgan fingerprint density at radius 1 is 1.03 bits per heavy atom. The van der Waals surface area contributed by atoms with Crippen molar-refractivity contribution in [2.45, 2.75) is 37.9 Å². The van der Waals surface area contributed by atoms with Gasteiger partial charge in [0.1, 0.15) is 11.9 Å². The van der Waals surface area contributed by atoms with Gasteiger partial charge in [-0.3, -0.25) is 4.79 Å². The number of methoxy groups -OCH3 is 2. The van der Waals surface area contributed by atoms with E-state index in [0.717, 1.165) is 10.5 Å². The normalized spacial score (nSPS) is 16.2. The molecule has 0 aromatic heterocycles. The molecule has 1 unspecified atom stereocenters. The van der Waals surface area contributed by atoms with Crippen LogP contribution in [-0.4, -0.2) is 50.2 Å². The molecule has 0 bridgehead atoms. The number of likely N-dealkylation sites (tertiary alicyclic amines) is 1. The molecule has 3 rings (SSSR count). The maximum Gasteiger partial charge on any atom is 0.417 e. The highest BCUT2D eigenvalue weighted by Crippen LogP contribution is 2.34.